The van der Waals surface area contributed by atoms with Crippen molar-refractivity contribution in [2.45, 2.75) is 44.6 Å². The zero-order valence-corrected chi connectivity index (χ0v) is 16.3. The molecular weight excluding hydrogens is 378 g/mol. The minimum Gasteiger partial charge on any atom is -0.378 e. The van der Waals surface area contributed by atoms with Crippen molar-refractivity contribution in [3.63, 3.8) is 0 Å². The highest BCUT2D eigenvalue weighted by Crippen LogP contribution is 2.70. The molecular formula is C20H24F2N6O. The Morgan fingerprint density at radius 2 is 2.17 bits per heavy atom. The zero-order chi connectivity index (χ0) is 20.4. The van der Waals surface area contributed by atoms with Crippen LogP contribution < -0.4 is 5.32 Å². The number of H-pyrrole nitrogens is 1. The summed E-state index contributed by atoms with van der Waals surface area (Å²) in [5, 5.41) is 14.1. The summed E-state index contributed by atoms with van der Waals surface area (Å²) in [6, 6.07) is 0.282. The number of halogens is 2. The topological polar surface area (TPSA) is 78.8 Å². The van der Waals surface area contributed by atoms with Crippen molar-refractivity contribution in [3.8, 4) is 0 Å². The van der Waals surface area contributed by atoms with E-state index in [9.17, 15) is 13.6 Å². The van der Waals surface area contributed by atoms with E-state index in [0.717, 1.165) is 25.9 Å². The minimum atomic E-state index is -2.68. The third kappa shape index (κ3) is 2.70. The number of aromatic nitrogens is 4. The Hall–Kier alpha value is -2.71. The maximum atomic E-state index is 14.1. The number of likely N-dealkylation sites (tertiary alicyclic amines) is 1. The molecule has 0 unspecified atom stereocenters. The van der Waals surface area contributed by atoms with Crippen LogP contribution in [0.5, 0.6) is 0 Å². The standard InChI is InChI=1S/C20H24F2N6O/c1-3-27-6-4-13(5-7-27)28-11-12(10-23-28)24-18(29)17-14-8-16-19(2,20(16,21)22)9-15(14)25-26-17/h3,10-11,13,16H,1,4-9H2,2H3,(H,24,29)(H,25,26)/t16-,19+/m1/s1. The molecule has 0 radical (unpaired) electrons. The molecule has 0 aromatic carbocycles. The van der Waals surface area contributed by atoms with Crippen molar-refractivity contribution in [3.05, 3.63) is 42.1 Å². The Kier molecular flexibility index (Phi) is 3.88. The number of nitrogens with zero attached hydrogens (tertiary/aromatic N) is 4. The number of aromatic amines is 1. The fourth-order valence-corrected chi connectivity index (χ4v) is 4.92. The molecule has 2 aromatic rings. The number of hydrogen-bond donors (Lipinski definition) is 2. The van der Waals surface area contributed by atoms with Gasteiger partial charge in [0.1, 0.15) is 0 Å². The Labute approximate surface area is 167 Å². The third-order valence-corrected chi connectivity index (χ3v) is 7.00. The summed E-state index contributed by atoms with van der Waals surface area (Å²) >= 11 is 0. The number of rotatable bonds is 4. The Balaban J connectivity index is 1.27. The van der Waals surface area contributed by atoms with Gasteiger partial charge in [-0.25, -0.2) is 8.78 Å². The summed E-state index contributed by atoms with van der Waals surface area (Å²) in [6.45, 7) is 7.27. The van der Waals surface area contributed by atoms with Gasteiger partial charge in [-0.1, -0.05) is 13.5 Å². The van der Waals surface area contributed by atoms with Gasteiger partial charge in [-0.2, -0.15) is 10.2 Å². The second kappa shape index (κ2) is 6.14. The maximum Gasteiger partial charge on any atom is 0.276 e. The lowest BCUT2D eigenvalue weighted by atomic mass is 9.87. The fraction of sp³-hybridized carbons (Fsp3) is 0.550. The molecule has 3 heterocycles. The van der Waals surface area contributed by atoms with E-state index in [1.54, 1.807) is 13.1 Å². The molecule has 3 aliphatic rings. The number of carbonyl (C=O) groups is 1. The van der Waals surface area contributed by atoms with Gasteiger partial charge in [0.05, 0.1) is 17.9 Å². The summed E-state index contributed by atoms with van der Waals surface area (Å²) in [5.41, 5.74) is 1.04. The molecule has 9 heteroatoms. The minimum absolute atomic E-state index is 0.180. The number of amides is 1. The van der Waals surface area contributed by atoms with Gasteiger partial charge in [0.15, 0.2) is 5.69 Å². The van der Waals surface area contributed by atoms with Gasteiger partial charge in [0.25, 0.3) is 11.8 Å². The van der Waals surface area contributed by atoms with Gasteiger partial charge in [-0.05, 0) is 25.5 Å². The van der Waals surface area contributed by atoms with Crippen LogP contribution in [0.25, 0.3) is 0 Å². The molecule has 2 aromatic heterocycles. The highest BCUT2D eigenvalue weighted by Gasteiger charge is 2.78. The first-order valence-electron chi connectivity index (χ1n) is 9.99. The zero-order valence-electron chi connectivity index (χ0n) is 16.3. The summed E-state index contributed by atoms with van der Waals surface area (Å²) in [4.78, 5) is 14.9. The van der Waals surface area contributed by atoms with E-state index in [2.05, 4.69) is 32.1 Å². The molecule has 2 atom stereocenters. The van der Waals surface area contributed by atoms with Crippen LogP contribution in [0.3, 0.4) is 0 Å². The smallest absolute Gasteiger partial charge is 0.276 e. The van der Waals surface area contributed by atoms with E-state index in [-0.39, 0.29) is 24.6 Å². The normalized spacial score (nSPS) is 27.8. The molecule has 7 nitrogen and oxygen atoms in total. The van der Waals surface area contributed by atoms with Crippen LogP contribution in [-0.4, -0.2) is 49.8 Å². The Bertz CT molecular complexity index is 974. The van der Waals surface area contributed by atoms with Crippen LogP contribution in [0.2, 0.25) is 0 Å². The summed E-state index contributed by atoms with van der Waals surface area (Å²) < 4.78 is 30.0. The predicted molar refractivity (Wildman–Crippen MR) is 103 cm³/mol. The summed E-state index contributed by atoms with van der Waals surface area (Å²) in [5.74, 6) is -3.78. The molecule has 1 amide bonds. The second-order valence-electron chi connectivity index (χ2n) is 8.62. The maximum absolute atomic E-state index is 14.1. The molecule has 5 rings (SSSR count). The monoisotopic (exact) mass is 402 g/mol. The Morgan fingerprint density at radius 1 is 1.41 bits per heavy atom. The van der Waals surface area contributed by atoms with Crippen LogP contribution >= 0.6 is 0 Å². The lowest BCUT2D eigenvalue weighted by Crippen LogP contribution is -2.30. The van der Waals surface area contributed by atoms with E-state index >= 15 is 0 Å². The second-order valence-corrected chi connectivity index (χ2v) is 8.62. The number of alkyl halides is 2. The van der Waals surface area contributed by atoms with Gasteiger partial charge < -0.3 is 10.2 Å². The molecule has 2 N–H and O–H groups in total. The molecule has 1 saturated carbocycles. The molecule has 1 aliphatic heterocycles. The van der Waals surface area contributed by atoms with Gasteiger partial charge in [0.2, 0.25) is 0 Å². The number of anilines is 1. The lowest BCUT2D eigenvalue weighted by Gasteiger charge is -2.30. The van der Waals surface area contributed by atoms with Crippen molar-refractivity contribution in [1.82, 2.24) is 24.9 Å². The van der Waals surface area contributed by atoms with Crippen LogP contribution in [0.4, 0.5) is 14.5 Å². The van der Waals surface area contributed by atoms with Gasteiger partial charge in [-0.3, -0.25) is 14.6 Å². The fourth-order valence-electron chi connectivity index (χ4n) is 4.92. The lowest BCUT2D eigenvalue weighted by molar-refractivity contribution is 0.0631. The van der Waals surface area contributed by atoms with Crippen molar-refractivity contribution in [1.29, 1.82) is 0 Å². The average molecular weight is 402 g/mol. The van der Waals surface area contributed by atoms with Crippen molar-refractivity contribution in [2.24, 2.45) is 11.3 Å². The van der Waals surface area contributed by atoms with Crippen LogP contribution in [0, 0.1) is 11.3 Å². The van der Waals surface area contributed by atoms with Gasteiger partial charge in [0, 0.05) is 48.3 Å². The van der Waals surface area contributed by atoms with E-state index in [0.29, 0.717) is 16.9 Å². The number of piperidine rings is 1. The van der Waals surface area contributed by atoms with E-state index in [1.807, 2.05) is 17.1 Å². The molecule has 0 bridgehead atoms. The van der Waals surface area contributed by atoms with E-state index in [1.165, 1.54) is 0 Å². The SMILES string of the molecule is C=CN1CCC(n2cc(NC(=O)c3n[nH]c4c3C[C@H]3C(F)(F)[C@@]3(C)C4)cn2)CC1. The molecule has 0 spiro atoms. The number of fused-ring (bicyclic) bond motifs is 2. The number of carbonyl (C=O) groups excluding carboxylic acids is 1. The van der Waals surface area contributed by atoms with E-state index < -0.39 is 23.2 Å². The summed E-state index contributed by atoms with van der Waals surface area (Å²) in [7, 11) is 0. The third-order valence-electron chi connectivity index (χ3n) is 7.00. The van der Waals surface area contributed by atoms with Gasteiger partial charge >= 0.3 is 0 Å². The van der Waals surface area contributed by atoms with Crippen molar-refractivity contribution < 1.29 is 13.6 Å². The Morgan fingerprint density at radius 3 is 2.90 bits per heavy atom. The van der Waals surface area contributed by atoms with E-state index in [4.69, 9.17) is 0 Å². The molecule has 1 saturated heterocycles. The predicted octanol–water partition coefficient (Wildman–Crippen LogP) is 3.01. The molecule has 2 aliphatic carbocycles. The molecule has 2 fully saturated rings. The molecule has 154 valence electrons. The highest BCUT2D eigenvalue weighted by atomic mass is 19.3. The number of hydrogen-bond acceptors (Lipinski definition) is 4. The van der Waals surface area contributed by atoms with Crippen molar-refractivity contribution in [2.75, 3.05) is 18.4 Å². The van der Waals surface area contributed by atoms with Crippen LogP contribution in [-0.2, 0) is 12.8 Å². The summed E-state index contributed by atoms with van der Waals surface area (Å²) in [6.07, 6.45) is 7.61. The average Bonchev–Trinajstić information content (AvgIpc) is 3.15. The van der Waals surface area contributed by atoms with Gasteiger partial charge in [-0.15, -0.1) is 0 Å². The first-order chi connectivity index (χ1) is 13.8. The van der Waals surface area contributed by atoms with Crippen LogP contribution in [0.15, 0.2) is 25.2 Å². The largest absolute Gasteiger partial charge is 0.378 e. The molecule has 29 heavy (non-hydrogen) atoms. The first-order valence-corrected chi connectivity index (χ1v) is 9.99. The quantitative estimate of drug-likeness (QED) is 0.824. The van der Waals surface area contributed by atoms with Crippen LogP contribution in [0.1, 0.15) is 47.6 Å². The van der Waals surface area contributed by atoms with Crippen molar-refractivity contribution >= 4 is 11.6 Å². The highest BCUT2D eigenvalue weighted by molar-refractivity contribution is 6.04. The number of nitrogens with one attached hydrogen (secondary N) is 2. The first kappa shape index (κ1) is 18.3.